The van der Waals surface area contributed by atoms with Crippen molar-refractivity contribution in [2.45, 2.75) is 24.9 Å². The van der Waals surface area contributed by atoms with Gasteiger partial charge in [0.2, 0.25) is 5.91 Å². The fraction of sp³-hybridized carbons (Fsp3) is 0.667. The first kappa shape index (κ1) is 17.0. The number of carboxylic acids is 2. The molecule has 1 rings (SSSR count). The summed E-state index contributed by atoms with van der Waals surface area (Å²) in [7, 11) is 0. The normalized spacial score (nSPS) is 20.1. The highest BCUT2D eigenvalue weighted by atomic mass is 35.5. The molecule has 1 saturated heterocycles. The van der Waals surface area contributed by atoms with Crippen LogP contribution in [-0.2, 0) is 14.4 Å². The van der Waals surface area contributed by atoms with Crippen LogP contribution in [0, 0.1) is 0 Å². The molecule has 4 N–H and O–H groups in total. The van der Waals surface area contributed by atoms with E-state index in [9.17, 15) is 14.4 Å². The van der Waals surface area contributed by atoms with Crippen molar-refractivity contribution in [3.8, 4) is 0 Å². The predicted octanol–water partition coefficient (Wildman–Crippen LogP) is -0.414. The van der Waals surface area contributed by atoms with Crippen LogP contribution in [0.2, 0.25) is 0 Å². The lowest BCUT2D eigenvalue weighted by atomic mass is 10.1. The van der Waals surface area contributed by atoms with Crippen molar-refractivity contribution in [1.29, 1.82) is 0 Å². The minimum atomic E-state index is -1.06. The Hall–Kier alpha value is -0.990. The third-order valence-electron chi connectivity index (χ3n) is 2.44. The van der Waals surface area contributed by atoms with E-state index in [0.717, 1.165) is 0 Å². The van der Waals surface area contributed by atoms with Gasteiger partial charge in [-0.05, 0) is 6.42 Å². The van der Waals surface area contributed by atoms with Gasteiger partial charge in [0, 0.05) is 12.2 Å². The van der Waals surface area contributed by atoms with Gasteiger partial charge >= 0.3 is 11.9 Å². The van der Waals surface area contributed by atoms with Crippen molar-refractivity contribution in [2.75, 3.05) is 11.6 Å². The predicted molar refractivity (Wildman–Crippen MR) is 67.7 cm³/mol. The molecular weight excluding hydrogens is 284 g/mol. The topological polar surface area (TPSA) is 121 Å². The first-order chi connectivity index (χ1) is 7.93. The smallest absolute Gasteiger partial charge is 0.327 e. The highest BCUT2D eigenvalue weighted by Crippen LogP contribution is 2.22. The second-order valence-electron chi connectivity index (χ2n) is 3.70. The second kappa shape index (κ2) is 7.45. The number of nitrogens with zero attached hydrogens (tertiary/aromatic N) is 1. The van der Waals surface area contributed by atoms with Gasteiger partial charge in [-0.25, -0.2) is 4.79 Å². The van der Waals surface area contributed by atoms with E-state index in [0.29, 0.717) is 5.75 Å². The summed E-state index contributed by atoms with van der Waals surface area (Å²) in [6, 6.07) is -1.81. The largest absolute Gasteiger partial charge is 0.481 e. The second-order valence-corrected chi connectivity index (χ2v) is 4.70. The summed E-state index contributed by atoms with van der Waals surface area (Å²) in [4.78, 5) is 34.2. The van der Waals surface area contributed by atoms with Crippen LogP contribution in [0.1, 0.15) is 12.8 Å². The Morgan fingerprint density at radius 1 is 1.39 bits per heavy atom. The van der Waals surface area contributed by atoms with Crippen LogP contribution < -0.4 is 5.73 Å². The number of halogens is 1. The molecule has 1 fully saturated rings. The summed E-state index contributed by atoms with van der Waals surface area (Å²) in [5.41, 5.74) is 5.55. The van der Waals surface area contributed by atoms with Crippen LogP contribution in [0.25, 0.3) is 0 Å². The lowest BCUT2D eigenvalue weighted by Crippen LogP contribution is -2.49. The number of carbonyl (C=O) groups is 3. The van der Waals surface area contributed by atoms with E-state index in [1.54, 1.807) is 0 Å². The molecular formula is C9H15ClN2O5S. The van der Waals surface area contributed by atoms with E-state index >= 15 is 0 Å². The highest BCUT2D eigenvalue weighted by molar-refractivity contribution is 7.99. The summed E-state index contributed by atoms with van der Waals surface area (Å²) in [6.45, 7) is 0. The molecule has 0 bridgehead atoms. The van der Waals surface area contributed by atoms with Gasteiger partial charge in [0.05, 0.1) is 11.9 Å². The minimum absolute atomic E-state index is 0. The molecule has 9 heteroatoms. The molecule has 0 aromatic carbocycles. The molecule has 1 aliphatic heterocycles. The first-order valence-electron chi connectivity index (χ1n) is 5.02. The SMILES string of the molecule is Cl.NC(CCC(=O)O)C(=O)N1CSCC1C(=O)O. The first-order valence-corrected chi connectivity index (χ1v) is 6.17. The van der Waals surface area contributed by atoms with Crippen LogP contribution >= 0.6 is 24.2 Å². The van der Waals surface area contributed by atoms with E-state index in [4.69, 9.17) is 15.9 Å². The van der Waals surface area contributed by atoms with Crippen LogP contribution in [-0.4, -0.2) is 56.7 Å². The zero-order chi connectivity index (χ0) is 13.0. The summed E-state index contributed by atoms with van der Waals surface area (Å²) < 4.78 is 0. The maximum absolute atomic E-state index is 11.8. The molecule has 0 saturated carbocycles. The van der Waals surface area contributed by atoms with Crippen molar-refractivity contribution < 1.29 is 24.6 Å². The number of rotatable bonds is 5. The maximum atomic E-state index is 11.8. The number of hydrogen-bond donors (Lipinski definition) is 3. The number of aliphatic carboxylic acids is 2. The zero-order valence-corrected chi connectivity index (χ0v) is 11.1. The Bertz CT molecular complexity index is 341. The van der Waals surface area contributed by atoms with Gasteiger partial charge in [0.15, 0.2) is 0 Å². The molecule has 104 valence electrons. The van der Waals surface area contributed by atoms with Crippen LogP contribution in [0.3, 0.4) is 0 Å². The van der Waals surface area contributed by atoms with E-state index < -0.39 is 29.9 Å². The van der Waals surface area contributed by atoms with Gasteiger partial charge < -0.3 is 20.8 Å². The lowest BCUT2D eigenvalue weighted by Gasteiger charge is -2.23. The Labute approximate surface area is 114 Å². The molecule has 7 nitrogen and oxygen atoms in total. The molecule has 0 aromatic heterocycles. The van der Waals surface area contributed by atoms with Gasteiger partial charge in [-0.15, -0.1) is 24.2 Å². The quantitative estimate of drug-likeness (QED) is 0.630. The van der Waals surface area contributed by atoms with Crippen LogP contribution in [0.4, 0.5) is 0 Å². The number of hydrogen-bond acceptors (Lipinski definition) is 5. The number of nitrogens with two attached hydrogens (primary N) is 1. The molecule has 0 spiro atoms. The Kier molecular flexibility index (Phi) is 7.04. The fourth-order valence-electron chi connectivity index (χ4n) is 1.48. The number of carboxylic acid groups (broad SMARTS) is 2. The Balaban J connectivity index is 0.00000289. The molecule has 1 aliphatic rings. The van der Waals surface area contributed by atoms with Gasteiger partial charge in [0.25, 0.3) is 0 Å². The molecule has 0 aliphatic carbocycles. The molecule has 18 heavy (non-hydrogen) atoms. The van der Waals surface area contributed by atoms with Crippen molar-refractivity contribution in [3.05, 3.63) is 0 Å². The van der Waals surface area contributed by atoms with E-state index in [1.165, 1.54) is 16.7 Å². The Morgan fingerprint density at radius 2 is 2.00 bits per heavy atom. The van der Waals surface area contributed by atoms with Crippen molar-refractivity contribution >= 4 is 42.0 Å². The molecule has 2 atom stereocenters. The molecule has 1 amide bonds. The lowest BCUT2D eigenvalue weighted by molar-refractivity contribution is -0.148. The van der Waals surface area contributed by atoms with Gasteiger partial charge in [-0.1, -0.05) is 0 Å². The van der Waals surface area contributed by atoms with E-state index in [-0.39, 0.29) is 31.1 Å². The fourth-order valence-corrected chi connectivity index (χ4v) is 2.63. The third-order valence-corrected chi connectivity index (χ3v) is 3.45. The highest BCUT2D eigenvalue weighted by Gasteiger charge is 2.36. The van der Waals surface area contributed by atoms with E-state index in [1.807, 2.05) is 0 Å². The maximum Gasteiger partial charge on any atom is 0.327 e. The van der Waals surface area contributed by atoms with Crippen molar-refractivity contribution in [1.82, 2.24) is 4.90 Å². The summed E-state index contributed by atoms with van der Waals surface area (Å²) in [5.74, 6) is -1.96. The monoisotopic (exact) mass is 298 g/mol. The van der Waals surface area contributed by atoms with Crippen LogP contribution in [0.15, 0.2) is 0 Å². The number of amides is 1. The number of thioether (sulfide) groups is 1. The standard InChI is InChI=1S/C9H14N2O5S.ClH/c10-5(1-2-7(12)13)8(14)11-4-17-3-6(11)9(15)16;/h5-6H,1-4,10H2,(H,12,13)(H,15,16);1H. The van der Waals surface area contributed by atoms with Gasteiger partial charge in [-0.2, -0.15) is 0 Å². The van der Waals surface area contributed by atoms with E-state index in [2.05, 4.69) is 0 Å². The molecule has 0 aromatic rings. The number of carbonyl (C=O) groups excluding carboxylic acids is 1. The minimum Gasteiger partial charge on any atom is -0.481 e. The molecule has 1 heterocycles. The average molecular weight is 299 g/mol. The average Bonchev–Trinajstić information content (AvgIpc) is 2.73. The van der Waals surface area contributed by atoms with Crippen molar-refractivity contribution in [2.24, 2.45) is 5.73 Å². The molecule has 2 unspecified atom stereocenters. The third kappa shape index (κ3) is 4.35. The summed E-state index contributed by atoms with van der Waals surface area (Å²) in [6.07, 6.45) is -0.187. The zero-order valence-electron chi connectivity index (χ0n) is 9.44. The Morgan fingerprint density at radius 3 is 2.50 bits per heavy atom. The summed E-state index contributed by atoms with van der Waals surface area (Å²) in [5, 5.41) is 17.4. The van der Waals surface area contributed by atoms with Crippen molar-refractivity contribution in [3.63, 3.8) is 0 Å². The molecule has 0 radical (unpaired) electrons. The van der Waals surface area contributed by atoms with Crippen LogP contribution in [0.5, 0.6) is 0 Å². The summed E-state index contributed by atoms with van der Waals surface area (Å²) >= 11 is 1.34. The van der Waals surface area contributed by atoms with Gasteiger partial charge in [-0.3, -0.25) is 9.59 Å². The van der Waals surface area contributed by atoms with Gasteiger partial charge in [0.1, 0.15) is 6.04 Å².